The summed E-state index contributed by atoms with van der Waals surface area (Å²) < 4.78 is 38.3. The molecule has 0 atom stereocenters. The first-order valence-electron chi connectivity index (χ1n) is 8.26. The molecule has 0 aliphatic rings. The number of carbonyl (C=O) groups excluding carboxylic acids is 1. The van der Waals surface area contributed by atoms with Gasteiger partial charge in [-0.1, -0.05) is 30.3 Å². The van der Waals surface area contributed by atoms with Gasteiger partial charge in [0.1, 0.15) is 5.82 Å². The van der Waals surface area contributed by atoms with Crippen molar-refractivity contribution in [2.45, 2.75) is 29.7 Å². The van der Waals surface area contributed by atoms with Crippen LogP contribution in [0, 0.1) is 5.82 Å². The summed E-state index contributed by atoms with van der Waals surface area (Å²) in [6.07, 6.45) is 0. The summed E-state index contributed by atoms with van der Waals surface area (Å²) in [6.45, 7) is 3.54. The van der Waals surface area contributed by atoms with Crippen LogP contribution in [-0.2, 0) is 15.6 Å². The summed E-state index contributed by atoms with van der Waals surface area (Å²) in [7, 11) is -3.54. The van der Waals surface area contributed by atoms with Crippen molar-refractivity contribution in [1.82, 2.24) is 5.32 Å². The molecule has 0 bridgehead atoms. The van der Waals surface area contributed by atoms with Crippen LogP contribution in [0.5, 0.6) is 0 Å². The molecule has 2 aromatic carbocycles. The second-order valence-corrected chi connectivity index (χ2v) is 9.57. The number of thioether (sulfide) groups is 1. The van der Waals surface area contributed by atoms with Gasteiger partial charge in [0.15, 0.2) is 9.84 Å². The van der Waals surface area contributed by atoms with Crippen molar-refractivity contribution in [3.63, 3.8) is 0 Å². The number of halogens is 1. The highest BCUT2D eigenvalue weighted by atomic mass is 32.2. The Morgan fingerprint density at radius 2 is 1.77 bits per heavy atom. The lowest BCUT2D eigenvalue weighted by Gasteiger charge is -2.13. The molecule has 1 N–H and O–H groups in total. The van der Waals surface area contributed by atoms with Crippen molar-refractivity contribution in [3.8, 4) is 0 Å². The first kappa shape index (κ1) is 20.5. The number of amides is 1. The van der Waals surface area contributed by atoms with Crippen LogP contribution in [0.3, 0.4) is 0 Å². The van der Waals surface area contributed by atoms with Crippen LogP contribution in [0.4, 0.5) is 4.39 Å². The Balaban J connectivity index is 1.92. The first-order valence-corrected chi connectivity index (χ1v) is 11.0. The topological polar surface area (TPSA) is 63.2 Å². The van der Waals surface area contributed by atoms with Gasteiger partial charge >= 0.3 is 0 Å². The highest BCUT2D eigenvalue weighted by Crippen LogP contribution is 2.20. The monoisotopic (exact) mass is 395 g/mol. The van der Waals surface area contributed by atoms with Gasteiger partial charge in [-0.2, -0.15) is 11.8 Å². The predicted octanol–water partition coefficient (Wildman–Crippen LogP) is 3.67. The van der Waals surface area contributed by atoms with Gasteiger partial charge in [0.05, 0.1) is 15.7 Å². The van der Waals surface area contributed by atoms with E-state index in [1.54, 1.807) is 44.2 Å². The van der Waals surface area contributed by atoms with Crippen molar-refractivity contribution < 1.29 is 17.6 Å². The fraction of sp³-hybridized carbons (Fsp3) is 0.316. The van der Waals surface area contributed by atoms with Crippen molar-refractivity contribution in [3.05, 3.63) is 65.5 Å². The Morgan fingerprint density at radius 1 is 1.12 bits per heavy atom. The molecule has 0 aromatic heterocycles. The number of hydrogen-bond donors (Lipinski definition) is 1. The quantitative estimate of drug-likeness (QED) is 0.693. The summed E-state index contributed by atoms with van der Waals surface area (Å²) in [5.41, 5.74) is 0.775. The summed E-state index contributed by atoms with van der Waals surface area (Å²) in [5.74, 6) is 0.452. The minimum Gasteiger partial charge on any atom is -0.351 e. The molecule has 0 radical (unpaired) electrons. The molecule has 0 saturated carbocycles. The minimum atomic E-state index is -3.54. The third-order valence-corrected chi connectivity index (χ3v) is 7.02. The van der Waals surface area contributed by atoms with E-state index in [1.165, 1.54) is 30.0 Å². The van der Waals surface area contributed by atoms with Crippen molar-refractivity contribution in [2.75, 3.05) is 12.3 Å². The second kappa shape index (κ2) is 9.19. The maximum absolute atomic E-state index is 13.5. The molecule has 0 saturated heterocycles. The third kappa shape index (κ3) is 5.08. The van der Waals surface area contributed by atoms with E-state index in [-0.39, 0.29) is 16.3 Å². The highest BCUT2D eigenvalue weighted by Gasteiger charge is 2.24. The van der Waals surface area contributed by atoms with Gasteiger partial charge in [-0.05, 0) is 37.6 Å². The number of sulfone groups is 1. The zero-order valence-electron chi connectivity index (χ0n) is 14.7. The van der Waals surface area contributed by atoms with Crippen LogP contribution in [0.25, 0.3) is 0 Å². The van der Waals surface area contributed by atoms with Crippen LogP contribution in [-0.4, -0.2) is 31.9 Å². The number of nitrogens with one attached hydrogen (secondary N) is 1. The molecule has 0 aliphatic heterocycles. The van der Waals surface area contributed by atoms with Gasteiger partial charge in [-0.25, -0.2) is 12.8 Å². The van der Waals surface area contributed by atoms with E-state index < -0.39 is 21.0 Å². The zero-order chi connectivity index (χ0) is 19.2. The van der Waals surface area contributed by atoms with Gasteiger partial charge in [0.25, 0.3) is 5.91 Å². The molecule has 4 nitrogen and oxygen atoms in total. The molecular weight excluding hydrogens is 373 g/mol. The van der Waals surface area contributed by atoms with Gasteiger partial charge in [0.2, 0.25) is 0 Å². The largest absolute Gasteiger partial charge is 0.351 e. The maximum Gasteiger partial charge on any atom is 0.252 e. The summed E-state index contributed by atoms with van der Waals surface area (Å²) in [4.78, 5) is 12.4. The molecule has 7 heteroatoms. The molecule has 140 valence electrons. The lowest BCUT2D eigenvalue weighted by Crippen LogP contribution is -2.28. The van der Waals surface area contributed by atoms with Gasteiger partial charge in [-0.3, -0.25) is 4.79 Å². The normalized spacial score (nSPS) is 11.5. The molecule has 0 spiro atoms. The van der Waals surface area contributed by atoms with Gasteiger partial charge < -0.3 is 5.32 Å². The predicted molar refractivity (Wildman–Crippen MR) is 104 cm³/mol. The number of carbonyl (C=O) groups is 1. The lowest BCUT2D eigenvalue weighted by molar-refractivity contribution is 0.0953. The minimum absolute atomic E-state index is 0.0477. The first-order chi connectivity index (χ1) is 12.3. The van der Waals surface area contributed by atoms with E-state index in [2.05, 4.69) is 5.32 Å². The molecular formula is C19H22FNO3S2. The summed E-state index contributed by atoms with van der Waals surface area (Å²) in [5, 5.41) is 2.13. The van der Waals surface area contributed by atoms with E-state index in [0.29, 0.717) is 23.6 Å². The number of rotatable bonds is 8. The second-order valence-electron chi connectivity index (χ2n) is 5.99. The van der Waals surface area contributed by atoms with E-state index in [0.717, 1.165) is 0 Å². The van der Waals surface area contributed by atoms with E-state index in [9.17, 15) is 17.6 Å². The smallest absolute Gasteiger partial charge is 0.252 e. The summed E-state index contributed by atoms with van der Waals surface area (Å²) in [6, 6.07) is 12.8. The maximum atomic E-state index is 13.5. The van der Waals surface area contributed by atoms with E-state index >= 15 is 0 Å². The molecule has 2 aromatic rings. The van der Waals surface area contributed by atoms with Crippen molar-refractivity contribution >= 4 is 27.5 Å². The average Bonchev–Trinajstić information content (AvgIpc) is 2.62. The highest BCUT2D eigenvalue weighted by molar-refractivity contribution is 7.98. The molecule has 0 unspecified atom stereocenters. The number of benzene rings is 2. The average molecular weight is 396 g/mol. The lowest BCUT2D eigenvalue weighted by atomic mass is 10.2. The van der Waals surface area contributed by atoms with Gasteiger partial charge in [0, 0.05) is 18.1 Å². The third-order valence-electron chi connectivity index (χ3n) is 3.81. The van der Waals surface area contributed by atoms with Crippen LogP contribution < -0.4 is 5.32 Å². The standard InChI is InChI=1S/C19H22FNO3S2/c1-14(2)26(23,24)18-10-6-4-8-16(18)19(22)21-11-12-25-13-15-7-3-5-9-17(15)20/h3-10,14H,11-13H2,1-2H3,(H,21,22). The Kier molecular flexibility index (Phi) is 7.23. The van der Waals surface area contributed by atoms with E-state index in [4.69, 9.17) is 0 Å². The molecule has 1 amide bonds. The Morgan fingerprint density at radius 3 is 2.46 bits per heavy atom. The van der Waals surface area contributed by atoms with Crippen LogP contribution in [0.15, 0.2) is 53.4 Å². The molecule has 26 heavy (non-hydrogen) atoms. The fourth-order valence-corrected chi connectivity index (χ4v) is 4.37. The fourth-order valence-electron chi connectivity index (χ4n) is 2.29. The molecule has 0 aliphatic carbocycles. The Hall–Kier alpha value is -1.86. The van der Waals surface area contributed by atoms with E-state index in [1.807, 2.05) is 0 Å². The zero-order valence-corrected chi connectivity index (χ0v) is 16.4. The molecule has 0 fully saturated rings. The SMILES string of the molecule is CC(C)S(=O)(=O)c1ccccc1C(=O)NCCSCc1ccccc1F. The number of hydrogen-bond acceptors (Lipinski definition) is 4. The van der Waals surface area contributed by atoms with Crippen molar-refractivity contribution in [2.24, 2.45) is 0 Å². The molecule has 2 rings (SSSR count). The Bertz CT molecular complexity index is 867. The van der Waals surface area contributed by atoms with Crippen LogP contribution in [0.2, 0.25) is 0 Å². The molecule has 0 heterocycles. The Labute approximate surface area is 158 Å². The van der Waals surface area contributed by atoms with Crippen LogP contribution in [0.1, 0.15) is 29.8 Å². The van der Waals surface area contributed by atoms with Gasteiger partial charge in [-0.15, -0.1) is 0 Å². The van der Waals surface area contributed by atoms with Crippen molar-refractivity contribution in [1.29, 1.82) is 0 Å². The van der Waals surface area contributed by atoms with Crippen LogP contribution >= 0.6 is 11.8 Å². The summed E-state index contributed by atoms with van der Waals surface area (Å²) >= 11 is 1.50.